The average molecular weight is 309 g/mol. The van der Waals surface area contributed by atoms with E-state index in [0.717, 1.165) is 36.1 Å². The van der Waals surface area contributed by atoms with Crippen LogP contribution in [0.5, 0.6) is 0 Å². The summed E-state index contributed by atoms with van der Waals surface area (Å²) in [6, 6.07) is 0. The Morgan fingerprint density at radius 3 is 2.81 bits per heavy atom. The summed E-state index contributed by atoms with van der Waals surface area (Å²) < 4.78 is 2.10. The van der Waals surface area contributed by atoms with Gasteiger partial charge < -0.3 is 15.1 Å². The number of nitrogens with one attached hydrogen (secondary N) is 1. The lowest BCUT2D eigenvalue weighted by Crippen LogP contribution is -2.37. The van der Waals surface area contributed by atoms with Gasteiger partial charge in [-0.05, 0) is 13.5 Å². The van der Waals surface area contributed by atoms with Gasteiger partial charge in [-0.1, -0.05) is 6.92 Å². The van der Waals surface area contributed by atoms with Crippen molar-refractivity contribution in [1.82, 2.24) is 19.6 Å². The number of fused-ring (bicyclic) bond motifs is 1. The maximum Gasteiger partial charge on any atom is 0.241 e. The maximum absolute atomic E-state index is 12.0. The molecule has 0 aliphatic heterocycles. The van der Waals surface area contributed by atoms with Gasteiger partial charge in [0.2, 0.25) is 5.91 Å². The van der Waals surface area contributed by atoms with Crippen molar-refractivity contribution < 1.29 is 4.79 Å². The second-order valence-electron chi connectivity index (χ2n) is 5.02. The minimum atomic E-state index is 0.0857. The zero-order chi connectivity index (χ0) is 15.4. The highest BCUT2D eigenvalue weighted by Crippen LogP contribution is 2.24. The molecule has 1 N–H and O–H groups in total. The van der Waals surface area contributed by atoms with E-state index in [9.17, 15) is 4.79 Å². The Hall–Kier alpha value is -1.60. The number of amides is 1. The molecule has 0 aliphatic rings. The molecule has 0 saturated heterocycles. The number of hydrogen-bond donors (Lipinski definition) is 1. The standard InChI is InChI=1S/C14H23N5OS/c1-5-15-9-11-13(16-14-19(11)7-8-21-14)18(6-2)10-12(20)17(3)4/h7-8,15H,5-6,9-10H2,1-4H3. The van der Waals surface area contributed by atoms with Gasteiger partial charge in [-0.3, -0.25) is 9.20 Å². The van der Waals surface area contributed by atoms with Crippen molar-refractivity contribution in [2.75, 3.05) is 38.6 Å². The summed E-state index contributed by atoms with van der Waals surface area (Å²) in [6.07, 6.45) is 2.03. The highest BCUT2D eigenvalue weighted by atomic mass is 32.1. The van der Waals surface area contributed by atoms with Crippen LogP contribution in [-0.2, 0) is 11.3 Å². The van der Waals surface area contributed by atoms with E-state index in [1.807, 2.05) is 23.4 Å². The molecular weight excluding hydrogens is 286 g/mol. The van der Waals surface area contributed by atoms with Gasteiger partial charge in [-0.2, -0.15) is 0 Å². The van der Waals surface area contributed by atoms with Crippen LogP contribution in [0.2, 0.25) is 0 Å². The predicted molar refractivity (Wildman–Crippen MR) is 87.0 cm³/mol. The van der Waals surface area contributed by atoms with Gasteiger partial charge in [0.1, 0.15) is 0 Å². The molecule has 0 unspecified atom stereocenters. The van der Waals surface area contributed by atoms with Crippen LogP contribution < -0.4 is 10.2 Å². The van der Waals surface area contributed by atoms with Crippen molar-refractivity contribution in [3.05, 3.63) is 17.3 Å². The molecule has 0 spiro atoms. The summed E-state index contributed by atoms with van der Waals surface area (Å²) in [5.74, 6) is 0.989. The third-order valence-corrected chi connectivity index (χ3v) is 4.15. The first kappa shape index (κ1) is 15.8. The van der Waals surface area contributed by atoms with Crippen LogP contribution >= 0.6 is 11.3 Å². The fourth-order valence-electron chi connectivity index (χ4n) is 2.12. The van der Waals surface area contributed by atoms with Gasteiger partial charge in [0.05, 0.1) is 12.2 Å². The number of hydrogen-bond acceptors (Lipinski definition) is 5. The smallest absolute Gasteiger partial charge is 0.241 e. The van der Waals surface area contributed by atoms with E-state index in [-0.39, 0.29) is 5.91 Å². The van der Waals surface area contributed by atoms with Crippen molar-refractivity contribution in [1.29, 1.82) is 0 Å². The van der Waals surface area contributed by atoms with E-state index in [2.05, 4.69) is 16.6 Å². The van der Waals surface area contributed by atoms with Crippen molar-refractivity contribution in [3.63, 3.8) is 0 Å². The Morgan fingerprint density at radius 2 is 2.19 bits per heavy atom. The van der Waals surface area contributed by atoms with E-state index < -0.39 is 0 Å². The summed E-state index contributed by atoms with van der Waals surface area (Å²) in [7, 11) is 3.56. The Morgan fingerprint density at radius 1 is 1.43 bits per heavy atom. The summed E-state index contributed by atoms with van der Waals surface area (Å²) >= 11 is 1.61. The zero-order valence-electron chi connectivity index (χ0n) is 13.1. The lowest BCUT2D eigenvalue weighted by Gasteiger charge is -2.23. The molecule has 0 fully saturated rings. The summed E-state index contributed by atoms with van der Waals surface area (Å²) in [5.41, 5.74) is 1.11. The van der Waals surface area contributed by atoms with Crippen molar-refractivity contribution in [3.8, 4) is 0 Å². The number of rotatable bonds is 7. The predicted octanol–water partition coefficient (Wildman–Crippen LogP) is 1.42. The minimum Gasteiger partial charge on any atom is -0.347 e. The first-order chi connectivity index (χ1) is 10.1. The molecule has 2 aromatic heterocycles. The first-order valence-electron chi connectivity index (χ1n) is 7.18. The summed E-state index contributed by atoms with van der Waals surface area (Å²) in [6.45, 7) is 6.89. The molecule has 1 amide bonds. The molecule has 116 valence electrons. The number of anilines is 1. The van der Waals surface area contributed by atoms with Crippen LogP contribution in [0.15, 0.2) is 11.6 Å². The van der Waals surface area contributed by atoms with Crippen LogP contribution in [0, 0.1) is 0 Å². The molecule has 2 aromatic rings. The number of imidazole rings is 1. The molecule has 0 bridgehead atoms. The maximum atomic E-state index is 12.0. The Balaban J connectivity index is 2.32. The summed E-state index contributed by atoms with van der Waals surface area (Å²) in [4.78, 5) is 21.3. The van der Waals surface area contributed by atoms with Gasteiger partial charge in [0, 0.05) is 38.8 Å². The second-order valence-corrected chi connectivity index (χ2v) is 5.89. The monoisotopic (exact) mass is 309 g/mol. The van der Waals surface area contributed by atoms with Crippen LogP contribution in [0.25, 0.3) is 4.96 Å². The zero-order valence-corrected chi connectivity index (χ0v) is 13.9. The molecule has 6 nitrogen and oxygen atoms in total. The Labute approximate surface area is 129 Å². The quantitative estimate of drug-likeness (QED) is 0.840. The molecule has 21 heavy (non-hydrogen) atoms. The largest absolute Gasteiger partial charge is 0.347 e. The van der Waals surface area contributed by atoms with E-state index in [1.54, 1.807) is 30.3 Å². The van der Waals surface area contributed by atoms with Gasteiger partial charge >= 0.3 is 0 Å². The second kappa shape index (κ2) is 6.91. The molecule has 0 radical (unpaired) electrons. The minimum absolute atomic E-state index is 0.0857. The lowest BCUT2D eigenvalue weighted by atomic mass is 10.3. The summed E-state index contributed by atoms with van der Waals surface area (Å²) in [5, 5.41) is 5.38. The van der Waals surface area contributed by atoms with E-state index in [0.29, 0.717) is 6.54 Å². The van der Waals surface area contributed by atoms with Crippen molar-refractivity contribution in [2.45, 2.75) is 20.4 Å². The molecule has 0 saturated carbocycles. The molecule has 0 aliphatic carbocycles. The molecular formula is C14H23N5OS. The highest BCUT2D eigenvalue weighted by Gasteiger charge is 2.20. The van der Waals surface area contributed by atoms with Crippen LogP contribution in [0.3, 0.4) is 0 Å². The Kier molecular flexibility index (Phi) is 5.19. The van der Waals surface area contributed by atoms with Crippen molar-refractivity contribution in [2.24, 2.45) is 0 Å². The van der Waals surface area contributed by atoms with E-state index in [1.165, 1.54) is 0 Å². The third kappa shape index (κ3) is 3.36. The van der Waals surface area contributed by atoms with Crippen LogP contribution in [0.1, 0.15) is 19.5 Å². The Bertz CT molecular complexity index is 604. The van der Waals surface area contributed by atoms with Crippen LogP contribution in [0.4, 0.5) is 5.82 Å². The van der Waals surface area contributed by atoms with E-state index in [4.69, 9.17) is 4.98 Å². The third-order valence-electron chi connectivity index (χ3n) is 3.39. The average Bonchev–Trinajstić information content (AvgIpc) is 3.03. The first-order valence-corrected chi connectivity index (χ1v) is 8.06. The number of likely N-dealkylation sites (N-methyl/N-ethyl adjacent to an activating group) is 2. The topological polar surface area (TPSA) is 52.9 Å². The van der Waals surface area contributed by atoms with E-state index >= 15 is 0 Å². The fraction of sp³-hybridized carbons (Fsp3) is 0.571. The molecule has 0 atom stereocenters. The normalized spacial score (nSPS) is 11.0. The van der Waals surface area contributed by atoms with Crippen molar-refractivity contribution >= 4 is 28.0 Å². The number of carbonyl (C=O) groups is 1. The molecule has 7 heteroatoms. The molecule has 0 aromatic carbocycles. The van der Waals surface area contributed by atoms with Crippen LogP contribution in [-0.4, -0.2) is 53.9 Å². The number of thiazole rings is 1. The van der Waals surface area contributed by atoms with Gasteiger partial charge in [0.15, 0.2) is 10.8 Å². The number of carbonyl (C=O) groups excluding carboxylic acids is 1. The van der Waals surface area contributed by atoms with Gasteiger partial charge in [0.25, 0.3) is 0 Å². The van der Waals surface area contributed by atoms with Gasteiger partial charge in [-0.15, -0.1) is 11.3 Å². The highest BCUT2D eigenvalue weighted by molar-refractivity contribution is 7.15. The van der Waals surface area contributed by atoms with Gasteiger partial charge in [-0.25, -0.2) is 4.98 Å². The lowest BCUT2D eigenvalue weighted by molar-refractivity contribution is -0.127. The SMILES string of the molecule is CCNCc1c(N(CC)CC(=O)N(C)C)nc2sccn12. The number of nitrogens with zero attached hydrogens (tertiary/aromatic N) is 4. The molecule has 2 heterocycles. The number of aromatic nitrogens is 2. The molecule has 2 rings (SSSR count). The fourth-order valence-corrected chi connectivity index (χ4v) is 2.85.